The number of ketones is 1. The Kier molecular flexibility index (Phi) is 5.70. The van der Waals surface area contributed by atoms with Crippen LogP contribution < -0.4 is 0 Å². The zero-order valence-corrected chi connectivity index (χ0v) is 16.6. The molecule has 0 saturated carbocycles. The summed E-state index contributed by atoms with van der Waals surface area (Å²) in [6, 6.07) is 6.21. The molecule has 2 rings (SSSR count). The van der Waals surface area contributed by atoms with Gasteiger partial charge in [-0.15, -0.1) is 23.1 Å². The summed E-state index contributed by atoms with van der Waals surface area (Å²) in [4.78, 5) is 17.6. The Balaban J connectivity index is 2.12. The quantitative estimate of drug-likeness (QED) is 0.679. The van der Waals surface area contributed by atoms with Gasteiger partial charge in [-0.1, -0.05) is 20.8 Å². The number of benzene rings is 1. The molecule has 1 aromatic heterocycles. The molecule has 25 heavy (non-hydrogen) atoms. The first kappa shape index (κ1) is 19.6. The van der Waals surface area contributed by atoms with E-state index in [4.69, 9.17) is 5.26 Å². The van der Waals surface area contributed by atoms with E-state index >= 15 is 0 Å². The first-order valence-corrected chi connectivity index (χ1v) is 9.59. The summed E-state index contributed by atoms with van der Waals surface area (Å²) in [6.45, 7) is 9.83. The fraction of sp³-hybridized carbons (Fsp3) is 0.421. The van der Waals surface area contributed by atoms with Gasteiger partial charge in [0.2, 0.25) is 0 Å². The highest BCUT2D eigenvalue weighted by Gasteiger charge is 2.31. The second-order valence-corrected chi connectivity index (χ2v) is 9.95. The van der Waals surface area contributed by atoms with Crippen molar-refractivity contribution >= 4 is 28.9 Å². The van der Waals surface area contributed by atoms with Crippen molar-refractivity contribution in [2.75, 3.05) is 0 Å². The molecule has 3 nitrogen and oxygen atoms in total. The van der Waals surface area contributed by atoms with Gasteiger partial charge in [0.1, 0.15) is 10.8 Å². The van der Waals surface area contributed by atoms with Gasteiger partial charge in [0.25, 0.3) is 0 Å². The van der Waals surface area contributed by atoms with Gasteiger partial charge < -0.3 is 0 Å². The van der Waals surface area contributed by atoms with Crippen LogP contribution in [0.2, 0.25) is 0 Å². The Bertz CT molecular complexity index is 829. The third-order valence-corrected chi connectivity index (χ3v) is 5.87. The van der Waals surface area contributed by atoms with Crippen molar-refractivity contribution in [1.82, 2.24) is 4.98 Å². The average Bonchev–Trinajstić information content (AvgIpc) is 2.97. The molecule has 1 heterocycles. The molecule has 0 aliphatic heterocycles. The smallest absolute Gasteiger partial charge is 0.155 e. The third-order valence-electron chi connectivity index (χ3n) is 3.73. The standard InChI is InChI=1S/C19H21FN2OS2/c1-18(2,3)15-11-24-17(22-15)9-16(23)19(4,5)25-14-7-6-12(10-21)8-13(14)20/h6-8,11H,9H2,1-5H3. The van der Waals surface area contributed by atoms with Crippen LogP contribution in [0.3, 0.4) is 0 Å². The van der Waals surface area contributed by atoms with E-state index in [2.05, 4.69) is 25.8 Å². The molecule has 0 aliphatic carbocycles. The lowest BCUT2D eigenvalue weighted by Crippen LogP contribution is -2.29. The minimum absolute atomic E-state index is 0.00364. The number of nitriles is 1. The molecular weight excluding hydrogens is 355 g/mol. The van der Waals surface area contributed by atoms with E-state index in [0.717, 1.165) is 10.7 Å². The number of thiazole rings is 1. The van der Waals surface area contributed by atoms with Gasteiger partial charge in [-0.3, -0.25) is 4.79 Å². The predicted molar refractivity (Wildman–Crippen MR) is 101 cm³/mol. The number of halogens is 1. The number of rotatable bonds is 5. The van der Waals surface area contributed by atoms with Crippen molar-refractivity contribution in [3.8, 4) is 6.07 Å². The number of aromatic nitrogens is 1. The summed E-state index contributed by atoms with van der Waals surface area (Å²) in [5, 5.41) is 11.6. The van der Waals surface area contributed by atoms with E-state index in [1.54, 1.807) is 26.0 Å². The van der Waals surface area contributed by atoms with Gasteiger partial charge in [-0.2, -0.15) is 5.26 Å². The van der Waals surface area contributed by atoms with Crippen LogP contribution in [0.4, 0.5) is 4.39 Å². The van der Waals surface area contributed by atoms with Crippen LogP contribution in [0.25, 0.3) is 0 Å². The van der Waals surface area contributed by atoms with Crippen LogP contribution >= 0.6 is 23.1 Å². The van der Waals surface area contributed by atoms with Crippen LogP contribution in [-0.2, 0) is 16.6 Å². The minimum Gasteiger partial charge on any atom is -0.298 e. The van der Waals surface area contributed by atoms with E-state index in [0.29, 0.717) is 4.90 Å². The topological polar surface area (TPSA) is 53.8 Å². The zero-order chi connectivity index (χ0) is 18.8. The van der Waals surface area contributed by atoms with E-state index in [1.807, 2.05) is 11.4 Å². The highest BCUT2D eigenvalue weighted by atomic mass is 32.2. The molecular formula is C19H21FN2OS2. The van der Waals surface area contributed by atoms with Gasteiger partial charge in [0.15, 0.2) is 5.78 Å². The van der Waals surface area contributed by atoms with E-state index < -0.39 is 10.6 Å². The number of nitrogens with zero attached hydrogens (tertiary/aromatic N) is 2. The first-order chi connectivity index (χ1) is 11.5. The van der Waals surface area contributed by atoms with E-state index in [-0.39, 0.29) is 23.2 Å². The molecule has 0 aliphatic rings. The lowest BCUT2D eigenvalue weighted by molar-refractivity contribution is -0.119. The van der Waals surface area contributed by atoms with E-state index in [1.165, 1.54) is 29.2 Å². The van der Waals surface area contributed by atoms with Gasteiger partial charge in [-0.05, 0) is 32.0 Å². The Morgan fingerprint density at radius 2 is 2.00 bits per heavy atom. The molecule has 0 atom stereocenters. The van der Waals surface area contributed by atoms with Crippen molar-refractivity contribution in [1.29, 1.82) is 5.26 Å². The van der Waals surface area contributed by atoms with Crippen molar-refractivity contribution in [3.63, 3.8) is 0 Å². The van der Waals surface area contributed by atoms with Crippen molar-refractivity contribution in [2.45, 2.75) is 56.1 Å². The Morgan fingerprint density at radius 3 is 2.52 bits per heavy atom. The van der Waals surface area contributed by atoms with Gasteiger partial charge >= 0.3 is 0 Å². The van der Waals surface area contributed by atoms with Crippen LogP contribution in [0.15, 0.2) is 28.5 Å². The summed E-state index contributed by atoms with van der Waals surface area (Å²) in [6.07, 6.45) is 0.235. The molecule has 132 valence electrons. The molecule has 0 bridgehead atoms. The van der Waals surface area contributed by atoms with Gasteiger partial charge in [-0.25, -0.2) is 9.37 Å². The first-order valence-electron chi connectivity index (χ1n) is 7.90. The maximum absolute atomic E-state index is 14.1. The van der Waals surface area contributed by atoms with E-state index in [9.17, 15) is 9.18 Å². The number of thioether (sulfide) groups is 1. The maximum atomic E-state index is 14.1. The second kappa shape index (κ2) is 7.27. The molecule has 0 fully saturated rings. The average molecular weight is 377 g/mol. The minimum atomic E-state index is -0.789. The Hall–Kier alpha value is -1.71. The predicted octanol–water partition coefficient (Wildman–Crippen LogP) is 5.13. The van der Waals surface area contributed by atoms with Crippen LogP contribution in [0.1, 0.15) is 50.9 Å². The number of Topliss-reactive ketones (excluding diaryl/α,β-unsaturated/α-hetero) is 1. The largest absolute Gasteiger partial charge is 0.298 e. The normalized spacial score (nSPS) is 12.0. The number of carbonyl (C=O) groups excluding carboxylic acids is 1. The third kappa shape index (κ3) is 4.90. The molecule has 2 aromatic rings. The number of hydrogen-bond acceptors (Lipinski definition) is 5. The fourth-order valence-corrected chi connectivity index (χ4v) is 4.12. The summed E-state index contributed by atoms with van der Waals surface area (Å²) in [5.74, 6) is -0.481. The molecule has 1 aromatic carbocycles. The fourth-order valence-electron chi connectivity index (χ4n) is 2.07. The highest BCUT2D eigenvalue weighted by molar-refractivity contribution is 8.01. The van der Waals surface area contributed by atoms with Crippen LogP contribution in [-0.4, -0.2) is 15.5 Å². The SMILES string of the molecule is CC(C)(Sc1ccc(C#N)cc1F)C(=O)Cc1nc(C(C)(C)C)cs1. The maximum Gasteiger partial charge on any atom is 0.155 e. The monoisotopic (exact) mass is 376 g/mol. The summed E-state index contributed by atoms with van der Waals surface area (Å²) in [5.41, 5.74) is 1.20. The summed E-state index contributed by atoms with van der Waals surface area (Å²) >= 11 is 2.66. The molecule has 0 saturated heterocycles. The number of carbonyl (C=O) groups is 1. The molecule has 6 heteroatoms. The van der Waals surface area contributed by atoms with Crippen molar-refractivity contribution in [3.05, 3.63) is 45.7 Å². The lowest BCUT2D eigenvalue weighted by atomic mass is 9.93. The van der Waals surface area contributed by atoms with Crippen LogP contribution in [0.5, 0.6) is 0 Å². The molecule has 0 unspecified atom stereocenters. The van der Waals surface area contributed by atoms with Crippen LogP contribution in [0, 0.1) is 17.1 Å². The summed E-state index contributed by atoms with van der Waals surface area (Å²) in [7, 11) is 0. The Labute approximate surface area is 156 Å². The highest BCUT2D eigenvalue weighted by Crippen LogP contribution is 2.36. The second-order valence-electron chi connectivity index (χ2n) is 7.35. The Morgan fingerprint density at radius 1 is 1.32 bits per heavy atom. The van der Waals surface area contributed by atoms with Gasteiger partial charge in [0.05, 0.1) is 28.5 Å². The number of hydrogen-bond donors (Lipinski definition) is 0. The molecule has 0 N–H and O–H groups in total. The molecule has 0 radical (unpaired) electrons. The zero-order valence-electron chi connectivity index (χ0n) is 15.0. The summed E-state index contributed by atoms with van der Waals surface area (Å²) < 4.78 is 13.3. The molecule has 0 spiro atoms. The lowest BCUT2D eigenvalue weighted by Gasteiger charge is -2.22. The van der Waals surface area contributed by atoms with Gasteiger partial charge in [0, 0.05) is 15.7 Å². The van der Waals surface area contributed by atoms with Crippen molar-refractivity contribution < 1.29 is 9.18 Å². The molecule has 0 amide bonds. The van der Waals surface area contributed by atoms with Crippen molar-refractivity contribution in [2.24, 2.45) is 0 Å².